The molecule has 3 rings (SSSR count). The first-order valence-electron chi connectivity index (χ1n) is 7.70. The van der Waals surface area contributed by atoms with Gasteiger partial charge < -0.3 is 20.2 Å². The zero-order valence-electron chi connectivity index (χ0n) is 13.2. The van der Waals surface area contributed by atoms with Crippen LogP contribution < -0.4 is 15.5 Å². The van der Waals surface area contributed by atoms with Gasteiger partial charge in [-0.3, -0.25) is 4.98 Å². The lowest BCUT2D eigenvalue weighted by molar-refractivity contribution is 0.122. The molecule has 1 saturated heterocycles. The van der Waals surface area contributed by atoms with E-state index < -0.39 is 0 Å². The van der Waals surface area contributed by atoms with E-state index in [9.17, 15) is 0 Å². The van der Waals surface area contributed by atoms with Crippen molar-refractivity contribution in [2.75, 3.05) is 37.8 Å². The van der Waals surface area contributed by atoms with Crippen LogP contribution in [0.2, 0.25) is 0 Å². The van der Waals surface area contributed by atoms with E-state index in [0.29, 0.717) is 38.0 Å². The molecule has 9 nitrogen and oxygen atoms in total. The molecule has 0 spiro atoms. The van der Waals surface area contributed by atoms with Gasteiger partial charge in [0.25, 0.3) is 0 Å². The highest BCUT2D eigenvalue weighted by atomic mass is 16.5. The van der Waals surface area contributed by atoms with Gasteiger partial charge in [-0.05, 0) is 12.1 Å². The van der Waals surface area contributed by atoms with Crippen molar-refractivity contribution in [2.24, 2.45) is 10.9 Å². The molecule has 1 aliphatic rings. The van der Waals surface area contributed by atoms with Crippen LogP contribution in [0.15, 0.2) is 29.5 Å². The molecule has 0 amide bonds. The SMILES string of the molecule is N/N=C/c1nc(OCCc2ccccn2)nc(N2CCOCC2)n1. The second kappa shape index (κ2) is 8.16. The molecule has 0 bridgehead atoms. The Morgan fingerprint density at radius 3 is 2.88 bits per heavy atom. The molecule has 1 fully saturated rings. The summed E-state index contributed by atoms with van der Waals surface area (Å²) in [6.07, 6.45) is 3.79. The van der Waals surface area contributed by atoms with Crippen LogP contribution in [0, 0.1) is 0 Å². The fourth-order valence-electron chi connectivity index (χ4n) is 2.25. The minimum Gasteiger partial charge on any atom is -0.463 e. The second-order valence-corrected chi connectivity index (χ2v) is 5.07. The second-order valence-electron chi connectivity index (χ2n) is 5.07. The monoisotopic (exact) mass is 329 g/mol. The van der Waals surface area contributed by atoms with Crippen molar-refractivity contribution in [1.82, 2.24) is 19.9 Å². The molecule has 0 radical (unpaired) electrons. The lowest BCUT2D eigenvalue weighted by Crippen LogP contribution is -2.37. The highest BCUT2D eigenvalue weighted by Gasteiger charge is 2.16. The molecule has 0 unspecified atom stereocenters. The maximum Gasteiger partial charge on any atom is 0.321 e. The third kappa shape index (κ3) is 4.35. The topological polar surface area (TPSA) is 112 Å². The summed E-state index contributed by atoms with van der Waals surface area (Å²) >= 11 is 0. The smallest absolute Gasteiger partial charge is 0.321 e. The van der Waals surface area contributed by atoms with Gasteiger partial charge in [0.05, 0.1) is 26.0 Å². The van der Waals surface area contributed by atoms with Gasteiger partial charge in [0.2, 0.25) is 5.95 Å². The standard InChI is InChI=1S/C15H19N7O2/c16-18-11-13-19-14(22-6-9-23-10-7-22)21-15(20-13)24-8-4-12-3-1-2-5-17-12/h1-3,5,11H,4,6-10,16H2/b18-11+. The van der Waals surface area contributed by atoms with Gasteiger partial charge in [0.1, 0.15) is 0 Å². The third-order valence-corrected chi connectivity index (χ3v) is 3.42. The number of aromatic nitrogens is 4. The zero-order chi connectivity index (χ0) is 16.6. The van der Waals surface area contributed by atoms with Crippen LogP contribution in [0.5, 0.6) is 6.01 Å². The fraction of sp³-hybridized carbons (Fsp3) is 0.400. The molecule has 9 heteroatoms. The quantitative estimate of drug-likeness (QED) is 0.448. The number of rotatable bonds is 6. The molecular formula is C15H19N7O2. The number of pyridine rings is 1. The Hall–Kier alpha value is -2.81. The van der Waals surface area contributed by atoms with Crippen molar-refractivity contribution in [2.45, 2.75) is 6.42 Å². The maximum atomic E-state index is 5.67. The minimum absolute atomic E-state index is 0.248. The van der Waals surface area contributed by atoms with Crippen LogP contribution in [0.4, 0.5) is 5.95 Å². The van der Waals surface area contributed by atoms with Crippen LogP contribution in [0.1, 0.15) is 11.5 Å². The van der Waals surface area contributed by atoms with Crippen molar-refractivity contribution in [1.29, 1.82) is 0 Å². The van der Waals surface area contributed by atoms with Gasteiger partial charge in [0.15, 0.2) is 5.82 Å². The fourth-order valence-corrected chi connectivity index (χ4v) is 2.25. The molecule has 2 aromatic heterocycles. The number of hydrazone groups is 1. The van der Waals surface area contributed by atoms with E-state index in [1.165, 1.54) is 6.21 Å². The first kappa shape index (κ1) is 16.1. The van der Waals surface area contributed by atoms with E-state index in [4.69, 9.17) is 15.3 Å². The number of hydrogen-bond acceptors (Lipinski definition) is 9. The number of anilines is 1. The average Bonchev–Trinajstić information content (AvgIpc) is 2.63. The molecule has 3 heterocycles. The van der Waals surface area contributed by atoms with E-state index in [0.717, 1.165) is 18.8 Å². The summed E-state index contributed by atoms with van der Waals surface area (Å²) in [4.78, 5) is 19.2. The maximum absolute atomic E-state index is 5.67. The molecule has 2 N–H and O–H groups in total. The van der Waals surface area contributed by atoms with Gasteiger partial charge in [-0.1, -0.05) is 6.07 Å². The predicted molar refractivity (Wildman–Crippen MR) is 88.1 cm³/mol. The van der Waals surface area contributed by atoms with Crippen LogP contribution in [-0.2, 0) is 11.2 Å². The molecule has 126 valence electrons. The summed E-state index contributed by atoms with van der Waals surface area (Å²) in [5, 5.41) is 3.47. The Morgan fingerprint density at radius 1 is 1.25 bits per heavy atom. The number of ether oxygens (including phenoxy) is 2. The Balaban J connectivity index is 1.69. The van der Waals surface area contributed by atoms with E-state index >= 15 is 0 Å². The Labute approximate surface area is 139 Å². The highest BCUT2D eigenvalue weighted by Crippen LogP contribution is 2.13. The first-order chi connectivity index (χ1) is 11.8. The molecule has 24 heavy (non-hydrogen) atoms. The first-order valence-corrected chi connectivity index (χ1v) is 7.70. The van der Waals surface area contributed by atoms with Crippen LogP contribution in [-0.4, -0.2) is 59.1 Å². The molecule has 0 atom stereocenters. The van der Waals surface area contributed by atoms with Crippen molar-refractivity contribution < 1.29 is 9.47 Å². The summed E-state index contributed by atoms with van der Waals surface area (Å²) in [5.41, 5.74) is 0.948. The number of nitrogens with two attached hydrogens (primary N) is 1. The summed E-state index contributed by atoms with van der Waals surface area (Å²) in [5.74, 6) is 6.10. The van der Waals surface area contributed by atoms with Crippen molar-refractivity contribution in [3.63, 3.8) is 0 Å². The molecule has 0 aromatic carbocycles. The molecule has 0 saturated carbocycles. The molecule has 0 aliphatic carbocycles. The number of morpholine rings is 1. The zero-order valence-corrected chi connectivity index (χ0v) is 13.2. The Bertz CT molecular complexity index is 675. The Kier molecular flexibility index (Phi) is 5.46. The lowest BCUT2D eigenvalue weighted by Gasteiger charge is -2.26. The summed E-state index contributed by atoms with van der Waals surface area (Å²) < 4.78 is 11.0. The molecule has 2 aromatic rings. The summed E-state index contributed by atoms with van der Waals surface area (Å²) in [6.45, 7) is 3.14. The van der Waals surface area contributed by atoms with Gasteiger partial charge >= 0.3 is 6.01 Å². The molecule has 1 aliphatic heterocycles. The Morgan fingerprint density at radius 2 is 2.12 bits per heavy atom. The summed E-state index contributed by atoms with van der Waals surface area (Å²) in [7, 11) is 0. The van der Waals surface area contributed by atoms with Crippen molar-refractivity contribution in [3.8, 4) is 6.01 Å². The van der Waals surface area contributed by atoms with E-state index in [1.807, 2.05) is 23.1 Å². The minimum atomic E-state index is 0.248. The van der Waals surface area contributed by atoms with Crippen LogP contribution in [0.3, 0.4) is 0 Å². The predicted octanol–water partition coefficient (Wildman–Crippen LogP) is 0.0173. The highest BCUT2D eigenvalue weighted by molar-refractivity contribution is 5.74. The third-order valence-electron chi connectivity index (χ3n) is 3.42. The normalized spacial score (nSPS) is 14.9. The molecular weight excluding hydrogens is 310 g/mol. The van der Waals surface area contributed by atoms with E-state index in [1.54, 1.807) is 6.20 Å². The van der Waals surface area contributed by atoms with Gasteiger partial charge in [0, 0.05) is 31.4 Å². The van der Waals surface area contributed by atoms with Gasteiger partial charge in [-0.25, -0.2) is 0 Å². The summed E-state index contributed by atoms with van der Waals surface area (Å²) in [6, 6.07) is 6.01. The largest absolute Gasteiger partial charge is 0.463 e. The number of nitrogens with zero attached hydrogens (tertiary/aromatic N) is 6. The lowest BCUT2D eigenvalue weighted by atomic mass is 10.3. The van der Waals surface area contributed by atoms with Crippen LogP contribution >= 0.6 is 0 Å². The van der Waals surface area contributed by atoms with Gasteiger partial charge in [-0.2, -0.15) is 20.1 Å². The van der Waals surface area contributed by atoms with E-state index in [-0.39, 0.29) is 6.01 Å². The number of hydrogen-bond donors (Lipinski definition) is 1. The van der Waals surface area contributed by atoms with Crippen molar-refractivity contribution >= 4 is 12.2 Å². The average molecular weight is 329 g/mol. The van der Waals surface area contributed by atoms with Crippen molar-refractivity contribution in [3.05, 3.63) is 35.9 Å². The van der Waals surface area contributed by atoms with Gasteiger partial charge in [-0.15, -0.1) is 0 Å². The van der Waals surface area contributed by atoms with E-state index in [2.05, 4.69) is 25.0 Å². The van der Waals surface area contributed by atoms with Crippen LogP contribution in [0.25, 0.3) is 0 Å².